The maximum atomic E-state index is 12.2. The number of urea groups is 1. The third-order valence-corrected chi connectivity index (χ3v) is 4.54. The summed E-state index contributed by atoms with van der Waals surface area (Å²) in [5.41, 5.74) is 1.81. The van der Waals surface area contributed by atoms with Gasteiger partial charge >= 0.3 is 6.03 Å². The number of carbonyl (C=O) groups excluding carboxylic acids is 1. The van der Waals surface area contributed by atoms with Crippen LogP contribution < -0.4 is 5.32 Å². The molecule has 0 aliphatic heterocycles. The van der Waals surface area contributed by atoms with Gasteiger partial charge in [-0.05, 0) is 6.92 Å². The Balaban J connectivity index is 1.63. The molecule has 0 bridgehead atoms. The molecule has 0 aliphatic carbocycles. The normalized spacial score (nSPS) is 10.5. The summed E-state index contributed by atoms with van der Waals surface area (Å²) in [4.78, 5) is 22.5. The number of nitrogens with one attached hydrogen (secondary N) is 1. The van der Waals surface area contributed by atoms with Crippen molar-refractivity contribution in [2.75, 3.05) is 12.4 Å². The van der Waals surface area contributed by atoms with E-state index in [9.17, 15) is 4.79 Å². The number of thiazole rings is 1. The molecule has 0 fully saturated rings. The van der Waals surface area contributed by atoms with Gasteiger partial charge in [0.15, 0.2) is 5.82 Å². The van der Waals surface area contributed by atoms with Gasteiger partial charge in [0.2, 0.25) is 5.13 Å². The zero-order valence-corrected chi connectivity index (χ0v) is 14.3. The number of rotatable bonds is 4. The summed E-state index contributed by atoms with van der Waals surface area (Å²) in [6.07, 6.45) is 0. The molecule has 3 aromatic rings. The first-order valence-corrected chi connectivity index (χ1v) is 8.59. The molecule has 0 saturated heterocycles. The van der Waals surface area contributed by atoms with E-state index in [1.54, 1.807) is 23.3 Å². The molecule has 6 nitrogen and oxygen atoms in total. The van der Waals surface area contributed by atoms with Gasteiger partial charge in [0.1, 0.15) is 0 Å². The van der Waals surface area contributed by atoms with E-state index in [1.165, 1.54) is 11.5 Å². The molecule has 0 saturated carbocycles. The molecule has 118 valence electrons. The zero-order chi connectivity index (χ0) is 16.2. The first-order valence-electron chi connectivity index (χ1n) is 6.94. The Morgan fingerprint density at radius 1 is 1.26 bits per heavy atom. The highest BCUT2D eigenvalue weighted by Crippen LogP contribution is 2.21. The van der Waals surface area contributed by atoms with Gasteiger partial charge in [0, 0.05) is 29.5 Å². The maximum Gasteiger partial charge on any atom is 0.323 e. The first kappa shape index (κ1) is 15.6. The molecule has 0 aliphatic rings. The van der Waals surface area contributed by atoms with Crippen LogP contribution in [0.1, 0.15) is 10.7 Å². The van der Waals surface area contributed by atoms with Gasteiger partial charge in [0.25, 0.3) is 0 Å². The molecule has 0 spiro atoms. The van der Waals surface area contributed by atoms with Crippen LogP contribution in [0.2, 0.25) is 0 Å². The Kier molecular flexibility index (Phi) is 4.63. The SMILES string of the molecule is Cc1nc(CN(C)C(=O)Nc2nc(-c3ccccc3)ns2)cs1. The summed E-state index contributed by atoms with van der Waals surface area (Å²) in [6, 6.07) is 9.44. The molecule has 23 heavy (non-hydrogen) atoms. The monoisotopic (exact) mass is 345 g/mol. The smallest absolute Gasteiger partial charge is 0.322 e. The number of hydrogen-bond acceptors (Lipinski definition) is 6. The lowest BCUT2D eigenvalue weighted by atomic mass is 10.2. The molecule has 2 aromatic heterocycles. The predicted molar refractivity (Wildman–Crippen MR) is 92.7 cm³/mol. The molecule has 1 N–H and O–H groups in total. The van der Waals surface area contributed by atoms with Crippen molar-refractivity contribution < 1.29 is 4.79 Å². The molecule has 8 heteroatoms. The van der Waals surface area contributed by atoms with Gasteiger partial charge in [0.05, 0.1) is 17.2 Å². The maximum absolute atomic E-state index is 12.2. The molecule has 2 heterocycles. The van der Waals surface area contributed by atoms with Crippen molar-refractivity contribution in [3.05, 3.63) is 46.4 Å². The van der Waals surface area contributed by atoms with E-state index < -0.39 is 0 Å². The number of hydrogen-bond donors (Lipinski definition) is 1. The van der Waals surface area contributed by atoms with Gasteiger partial charge in [-0.1, -0.05) is 30.3 Å². The Hall–Kier alpha value is -2.32. The fourth-order valence-corrected chi connectivity index (χ4v) is 3.14. The van der Waals surface area contributed by atoms with Crippen molar-refractivity contribution in [2.24, 2.45) is 0 Å². The lowest BCUT2D eigenvalue weighted by Gasteiger charge is -2.15. The highest BCUT2D eigenvalue weighted by Gasteiger charge is 2.14. The molecule has 2 amide bonds. The predicted octanol–water partition coefficient (Wildman–Crippen LogP) is 3.63. The summed E-state index contributed by atoms with van der Waals surface area (Å²) in [7, 11) is 1.73. The number of carbonyl (C=O) groups is 1. The lowest BCUT2D eigenvalue weighted by Crippen LogP contribution is -2.30. The van der Waals surface area contributed by atoms with Crippen molar-refractivity contribution in [1.82, 2.24) is 19.2 Å². The quantitative estimate of drug-likeness (QED) is 0.784. The van der Waals surface area contributed by atoms with E-state index in [0.29, 0.717) is 17.5 Å². The standard InChI is InChI=1S/C15H15N5OS2/c1-10-16-12(9-22-10)8-20(2)15(21)18-14-17-13(19-23-14)11-6-4-3-5-7-11/h3-7,9H,8H2,1-2H3,(H,17,18,19,21). The highest BCUT2D eigenvalue weighted by atomic mass is 32.1. The van der Waals surface area contributed by atoms with Gasteiger partial charge < -0.3 is 4.90 Å². The summed E-state index contributed by atoms with van der Waals surface area (Å²) in [5.74, 6) is 0.615. The van der Waals surface area contributed by atoms with Crippen LogP contribution in [-0.4, -0.2) is 32.3 Å². The number of aryl methyl sites for hydroxylation is 1. The molecule has 0 atom stereocenters. The molecular weight excluding hydrogens is 330 g/mol. The fourth-order valence-electron chi connectivity index (χ4n) is 1.96. The van der Waals surface area contributed by atoms with E-state index in [-0.39, 0.29) is 6.03 Å². The topological polar surface area (TPSA) is 71.0 Å². The van der Waals surface area contributed by atoms with Crippen LogP contribution in [0.5, 0.6) is 0 Å². The zero-order valence-electron chi connectivity index (χ0n) is 12.7. The summed E-state index contributed by atoms with van der Waals surface area (Å²) >= 11 is 2.74. The Labute approximate surface area is 142 Å². The molecule has 0 radical (unpaired) electrons. The number of anilines is 1. The second-order valence-electron chi connectivity index (χ2n) is 4.93. The summed E-state index contributed by atoms with van der Waals surface area (Å²) in [6.45, 7) is 2.40. The van der Waals surface area contributed by atoms with Gasteiger partial charge in [-0.15, -0.1) is 11.3 Å². The average Bonchev–Trinajstić information content (AvgIpc) is 3.17. The lowest BCUT2D eigenvalue weighted by molar-refractivity contribution is 0.220. The highest BCUT2D eigenvalue weighted by molar-refractivity contribution is 7.10. The van der Waals surface area contributed by atoms with E-state index in [0.717, 1.165) is 16.3 Å². The Bertz CT molecular complexity index is 799. The van der Waals surface area contributed by atoms with Gasteiger partial charge in [-0.25, -0.2) is 9.78 Å². The summed E-state index contributed by atoms with van der Waals surface area (Å²) in [5, 5.41) is 6.20. The molecular formula is C15H15N5OS2. The second-order valence-corrected chi connectivity index (χ2v) is 6.75. The van der Waals surface area contributed by atoms with E-state index >= 15 is 0 Å². The first-order chi connectivity index (χ1) is 11.1. The number of amides is 2. The van der Waals surface area contributed by atoms with Crippen LogP contribution in [-0.2, 0) is 6.54 Å². The van der Waals surface area contributed by atoms with Crippen LogP contribution in [0.25, 0.3) is 11.4 Å². The minimum absolute atomic E-state index is 0.230. The van der Waals surface area contributed by atoms with Crippen LogP contribution in [0.3, 0.4) is 0 Å². The minimum atomic E-state index is -0.230. The van der Waals surface area contributed by atoms with Crippen molar-refractivity contribution in [3.8, 4) is 11.4 Å². The molecule has 3 rings (SSSR count). The van der Waals surface area contributed by atoms with E-state index in [1.807, 2.05) is 42.6 Å². The molecule has 0 unspecified atom stereocenters. The van der Waals surface area contributed by atoms with Crippen LogP contribution in [0, 0.1) is 6.92 Å². The summed E-state index contributed by atoms with van der Waals surface area (Å²) < 4.78 is 4.27. The van der Waals surface area contributed by atoms with Gasteiger partial charge in [-0.3, -0.25) is 5.32 Å². The van der Waals surface area contributed by atoms with Crippen molar-refractivity contribution >= 4 is 34.0 Å². The fraction of sp³-hybridized carbons (Fsp3) is 0.200. The van der Waals surface area contributed by atoms with Crippen molar-refractivity contribution in [1.29, 1.82) is 0 Å². The second kappa shape index (κ2) is 6.84. The number of nitrogens with zero attached hydrogens (tertiary/aromatic N) is 4. The third kappa shape index (κ3) is 3.91. The Morgan fingerprint density at radius 2 is 2.04 bits per heavy atom. The largest absolute Gasteiger partial charge is 0.323 e. The minimum Gasteiger partial charge on any atom is -0.322 e. The number of benzene rings is 1. The van der Waals surface area contributed by atoms with Crippen LogP contribution in [0.4, 0.5) is 9.93 Å². The number of aromatic nitrogens is 3. The average molecular weight is 345 g/mol. The van der Waals surface area contributed by atoms with E-state index in [2.05, 4.69) is 19.7 Å². The Morgan fingerprint density at radius 3 is 2.74 bits per heavy atom. The van der Waals surface area contributed by atoms with Gasteiger partial charge in [-0.2, -0.15) is 9.36 Å². The van der Waals surface area contributed by atoms with Crippen LogP contribution >= 0.6 is 22.9 Å². The molecule has 1 aromatic carbocycles. The van der Waals surface area contributed by atoms with Crippen molar-refractivity contribution in [2.45, 2.75) is 13.5 Å². The third-order valence-electron chi connectivity index (χ3n) is 3.08. The van der Waals surface area contributed by atoms with E-state index in [4.69, 9.17) is 0 Å². The van der Waals surface area contributed by atoms with Crippen LogP contribution in [0.15, 0.2) is 35.7 Å². The van der Waals surface area contributed by atoms with Crippen molar-refractivity contribution in [3.63, 3.8) is 0 Å².